The van der Waals surface area contributed by atoms with Gasteiger partial charge in [0.25, 0.3) is 5.91 Å². The Morgan fingerprint density at radius 2 is 2.10 bits per heavy atom. The number of nitrogens with one attached hydrogen (secondary N) is 1. The molecule has 1 aromatic heterocycles. The Kier molecular flexibility index (Phi) is 4.76. The predicted molar refractivity (Wildman–Crippen MR) is 86.6 cm³/mol. The molecule has 0 aliphatic carbocycles. The second-order valence-corrected chi connectivity index (χ2v) is 7.00. The number of benzene rings is 1. The van der Waals surface area contributed by atoms with Crippen molar-refractivity contribution < 1.29 is 9.53 Å². The van der Waals surface area contributed by atoms with Crippen LogP contribution in [0.4, 0.5) is 5.13 Å². The maximum atomic E-state index is 12.3. The zero-order valence-electron chi connectivity index (χ0n) is 11.7. The number of amides is 1. The standard InChI is InChI=1S/C14H14Cl2N2O2S/c1-8-7-17-13(21-8)18-12(19)14(2,3)20-11-6-9(15)4-5-10(11)16/h4-7H,1-3H3,(H,17,18,19). The molecular weight excluding hydrogens is 331 g/mol. The highest BCUT2D eigenvalue weighted by atomic mass is 35.5. The van der Waals surface area contributed by atoms with Crippen LogP contribution in [0.5, 0.6) is 5.75 Å². The lowest BCUT2D eigenvalue weighted by atomic mass is 10.1. The molecule has 0 atom stereocenters. The van der Waals surface area contributed by atoms with Gasteiger partial charge in [0.2, 0.25) is 0 Å². The summed E-state index contributed by atoms with van der Waals surface area (Å²) in [7, 11) is 0. The molecule has 0 fully saturated rings. The van der Waals surface area contributed by atoms with Crippen LogP contribution in [-0.2, 0) is 4.79 Å². The lowest BCUT2D eigenvalue weighted by Crippen LogP contribution is -2.42. The van der Waals surface area contributed by atoms with E-state index in [1.165, 1.54) is 11.3 Å². The summed E-state index contributed by atoms with van der Waals surface area (Å²) in [4.78, 5) is 17.4. The molecule has 0 unspecified atom stereocenters. The van der Waals surface area contributed by atoms with E-state index in [2.05, 4.69) is 10.3 Å². The van der Waals surface area contributed by atoms with Crippen LogP contribution in [-0.4, -0.2) is 16.5 Å². The van der Waals surface area contributed by atoms with Gasteiger partial charge in [0.15, 0.2) is 10.7 Å². The third-order valence-corrected chi connectivity index (χ3v) is 4.02. The summed E-state index contributed by atoms with van der Waals surface area (Å²) < 4.78 is 5.70. The zero-order valence-corrected chi connectivity index (χ0v) is 14.1. The van der Waals surface area contributed by atoms with Crippen LogP contribution in [0.25, 0.3) is 0 Å². The fourth-order valence-corrected chi connectivity index (χ4v) is 2.51. The van der Waals surface area contributed by atoms with E-state index in [0.29, 0.717) is 20.9 Å². The molecule has 0 aliphatic rings. The lowest BCUT2D eigenvalue weighted by molar-refractivity contribution is -0.128. The summed E-state index contributed by atoms with van der Waals surface area (Å²) in [6.07, 6.45) is 1.70. The van der Waals surface area contributed by atoms with Gasteiger partial charge in [-0.3, -0.25) is 10.1 Å². The number of aryl methyl sites for hydroxylation is 1. The van der Waals surface area contributed by atoms with E-state index in [0.717, 1.165) is 4.88 Å². The molecule has 0 radical (unpaired) electrons. The number of carbonyl (C=O) groups is 1. The summed E-state index contributed by atoms with van der Waals surface area (Å²) >= 11 is 13.4. The van der Waals surface area contributed by atoms with E-state index in [4.69, 9.17) is 27.9 Å². The molecule has 0 aliphatic heterocycles. The third kappa shape index (κ3) is 4.09. The monoisotopic (exact) mass is 344 g/mol. The number of nitrogens with zero attached hydrogens (tertiary/aromatic N) is 1. The number of halogens is 2. The van der Waals surface area contributed by atoms with Gasteiger partial charge in [-0.05, 0) is 32.9 Å². The van der Waals surface area contributed by atoms with Crippen molar-refractivity contribution >= 4 is 45.6 Å². The van der Waals surface area contributed by atoms with Gasteiger partial charge in [0.05, 0.1) is 5.02 Å². The molecule has 1 N–H and O–H groups in total. The molecule has 21 heavy (non-hydrogen) atoms. The quantitative estimate of drug-likeness (QED) is 0.884. The minimum Gasteiger partial charge on any atom is -0.476 e. The average molecular weight is 345 g/mol. The van der Waals surface area contributed by atoms with Gasteiger partial charge in [0.1, 0.15) is 5.75 Å². The molecule has 7 heteroatoms. The average Bonchev–Trinajstić information content (AvgIpc) is 2.79. The van der Waals surface area contributed by atoms with E-state index < -0.39 is 5.60 Å². The largest absolute Gasteiger partial charge is 0.476 e. The highest BCUT2D eigenvalue weighted by Gasteiger charge is 2.31. The Hall–Kier alpha value is -1.30. The molecule has 0 saturated heterocycles. The van der Waals surface area contributed by atoms with Crippen molar-refractivity contribution in [2.45, 2.75) is 26.4 Å². The Morgan fingerprint density at radius 3 is 2.71 bits per heavy atom. The number of rotatable bonds is 4. The van der Waals surface area contributed by atoms with Gasteiger partial charge >= 0.3 is 0 Å². The first-order chi connectivity index (χ1) is 9.78. The summed E-state index contributed by atoms with van der Waals surface area (Å²) in [5, 5.41) is 4.14. The van der Waals surface area contributed by atoms with E-state index in [1.807, 2.05) is 6.92 Å². The number of hydrogen-bond acceptors (Lipinski definition) is 4. The van der Waals surface area contributed by atoms with Gasteiger partial charge in [-0.25, -0.2) is 4.98 Å². The first-order valence-electron chi connectivity index (χ1n) is 6.16. The van der Waals surface area contributed by atoms with Gasteiger partial charge in [-0.15, -0.1) is 11.3 Å². The molecule has 1 heterocycles. The molecule has 4 nitrogen and oxygen atoms in total. The van der Waals surface area contributed by atoms with Crippen molar-refractivity contribution in [3.05, 3.63) is 39.3 Å². The Labute approximate surface area is 137 Å². The fourth-order valence-electron chi connectivity index (χ4n) is 1.54. The highest BCUT2D eigenvalue weighted by molar-refractivity contribution is 7.15. The third-order valence-electron chi connectivity index (χ3n) is 2.65. The number of hydrogen-bond donors (Lipinski definition) is 1. The second-order valence-electron chi connectivity index (χ2n) is 4.92. The summed E-state index contributed by atoms with van der Waals surface area (Å²) in [5.74, 6) is 0.0486. The molecule has 0 spiro atoms. The molecular formula is C14H14Cl2N2O2S. The topological polar surface area (TPSA) is 51.2 Å². The molecule has 0 bridgehead atoms. The van der Waals surface area contributed by atoms with Gasteiger partial charge in [-0.2, -0.15) is 0 Å². The van der Waals surface area contributed by atoms with Crippen LogP contribution in [0.3, 0.4) is 0 Å². The van der Waals surface area contributed by atoms with Crippen molar-refractivity contribution in [1.82, 2.24) is 4.98 Å². The molecule has 1 aromatic carbocycles. The van der Waals surface area contributed by atoms with E-state index >= 15 is 0 Å². The van der Waals surface area contributed by atoms with Crippen molar-refractivity contribution in [3.63, 3.8) is 0 Å². The van der Waals surface area contributed by atoms with Crippen LogP contribution in [0.15, 0.2) is 24.4 Å². The molecule has 2 aromatic rings. The zero-order chi connectivity index (χ0) is 15.6. The first-order valence-corrected chi connectivity index (χ1v) is 7.73. The molecule has 1 amide bonds. The summed E-state index contributed by atoms with van der Waals surface area (Å²) in [5.41, 5.74) is -1.12. The van der Waals surface area contributed by atoms with E-state index in [-0.39, 0.29) is 5.91 Å². The molecule has 2 rings (SSSR count). The second kappa shape index (κ2) is 6.22. The van der Waals surface area contributed by atoms with Crippen LogP contribution in [0.2, 0.25) is 10.0 Å². The highest BCUT2D eigenvalue weighted by Crippen LogP contribution is 2.31. The van der Waals surface area contributed by atoms with E-state index in [1.54, 1.807) is 38.2 Å². The fraction of sp³-hybridized carbons (Fsp3) is 0.286. The van der Waals surface area contributed by atoms with Gasteiger partial charge in [-0.1, -0.05) is 23.2 Å². The SMILES string of the molecule is Cc1cnc(NC(=O)C(C)(C)Oc2cc(Cl)ccc2Cl)s1. The number of carbonyl (C=O) groups excluding carboxylic acids is 1. The summed E-state index contributed by atoms with van der Waals surface area (Å²) in [6.45, 7) is 5.22. The lowest BCUT2D eigenvalue weighted by Gasteiger charge is -2.25. The smallest absolute Gasteiger partial charge is 0.269 e. The summed E-state index contributed by atoms with van der Waals surface area (Å²) in [6, 6.07) is 4.85. The minimum atomic E-state index is -1.12. The normalized spacial score (nSPS) is 11.3. The van der Waals surface area contributed by atoms with Crippen molar-refractivity contribution in [3.8, 4) is 5.75 Å². The number of anilines is 1. The first kappa shape index (κ1) is 16.1. The van der Waals surface area contributed by atoms with Crippen LogP contribution in [0, 0.1) is 6.92 Å². The Balaban J connectivity index is 2.13. The van der Waals surface area contributed by atoms with Crippen LogP contribution < -0.4 is 10.1 Å². The number of ether oxygens (including phenoxy) is 1. The van der Waals surface area contributed by atoms with Crippen molar-refractivity contribution in [2.75, 3.05) is 5.32 Å². The Bertz CT molecular complexity index is 671. The maximum absolute atomic E-state index is 12.3. The predicted octanol–water partition coefficient (Wildman–Crippen LogP) is 4.55. The Morgan fingerprint density at radius 1 is 1.38 bits per heavy atom. The minimum absolute atomic E-state index is 0.312. The number of thiazole rings is 1. The van der Waals surface area contributed by atoms with Crippen molar-refractivity contribution in [1.29, 1.82) is 0 Å². The molecule has 0 saturated carbocycles. The van der Waals surface area contributed by atoms with Gasteiger partial charge in [0, 0.05) is 22.2 Å². The number of aromatic nitrogens is 1. The van der Waals surface area contributed by atoms with Crippen LogP contribution >= 0.6 is 34.5 Å². The van der Waals surface area contributed by atoms with Crippen molar-refractivity contribution in [2.24, 2.45) is 0 Å². The van der Waals surface area contributed by atoms with Gasteiger partial charge < -0.3 is 4.74 Å². The maximum Gasteiger partial charge on any atom is 0.269 e. The van der Waals surface area contributed by atoms with Crippen LogP contribution in [0.1, 0.15) is 18.7 Å². The van der Waals surface area contributed by atoms with E-state index in [9.17, 15) is 4.79 Å². The molecule has 112 valence electrons.